The summed E-state index contributed by atoms with van der Waals surface area (Å²) in [6, 6.07) is 0.566. The van der Waals surface area contributed by atoms with Gasteiger partial charge in [-0.3, -0.25) is 4.99 Å². The number of nitrogens with zero attached hydrogens (tertiary/aromatic N) is 2. The third kappa shape index (κ3) is 6.45. The number of rotatable bonds is 10. The molecule has 0 unspecified atom stereocenters. The zero-order chi connectivity index (χ0) is 17.5. The molecule has 2 N–H and O–H groups in total. The summed E-state index contributed by atoms with van der Waals surface area (Å²) in [4.78, 5) is 7.54. The molecule has 144 valence electrons. The molecule has 0 spiro atoms. The van der Waals surface area contributed by atoms with Crippen LogP contribution in [0.2, 0.25) is 0 Å². The number of piperidine rings is 1. The molecule has 0 amide bonds. The summed E-state index contributed by atoms with van der Waals surface area (Å²) in [5, 5.41) is 7.17. The van der Waals surface area contributed by atoms with Crippen molar-refractivity contribution in [2.75, 3.05) is 46.4 Å². The van der Waals surface area contributed by atoms with Crippen molar-refractivity contribution in [1.82, 2.24) is 15.5 Å². The molecule has 3 rings (SSSR count). The van der Waals surface area contributed by atoms with Gasteiger partial charge in [-0.25, -0.2) is 0 Å². The van der Waals surface area contributed by atoms with Crippen molar-refractivity contribution >= 4 is 5.96 Å². The highest BCUT2D eigenvalue weighted by Gasteiger charge is 2.41. The second-order valence-electron chi connectivity index (χ2n) is 8.16. The Morgan fingerprint density at radius 3 is 2.36 bits per heavy atom. The second-order valence-corrected chi connectivity index (χ2v) is 8.16. The maximum Gasteiger partial charge on any atom is 0.191 e. The highest BCUT2D eigenvalue weighted by atomic mass is 16.5. The first kappa shape index (κ1) is 19.0. The smallest absolute Gasteiger partial charge is 0.191 e. The molecule has 0 bridgehead atoms. The maximum atomic E-state index is 5.16. The lowest BCUT2D eigenvalue weighted by Crippen LogP contribution is -2.49. The average molecular weight is 351 g/mol. The van der Waals surface area contributed by atoms with E-state index in [-0.39, 0.29) is 0 Å². The number of hydrogen-bond acceptors (Lipinski definition) is 3. The summed E-state index contributed by atoms with van der Waals surface area (Å²) in [5.74, 6) is 3.87. The van der Waals surface area contributed by atoms with E-state index in [2.05, 4.69) is 22.5 Å². The zero-order valence-corrected chi connectivity index (χ0v) is 16.3. The Kier molecular flexibility index (Phi) is 7.41. The van der Waals surface area contributed by atoms with Gasteiger partial charge in [0, 0.05) is 52.5 Å². The summed E-state index contributed by atoms with van der Waals surface area (Å²) < 4.78 is 5.16. The molecule has 0 aromatic heterocycles. The fourth-order valence-electron chi connectivity index (χ4n) is 4.18. The Morgan fingerprint density at radius 1 is 1.12 bits per heavy atom. The molecular formula is C20H38N4O. The number of nitrogens with one attached hydrogen (secondary N) is 2. The van der Waals surface area contributed by atoms with Crippen molar-refractivity contribution in [2.45, 2.75) is 57.9 Å². The molecule has 2 aliphatic carbocycles. The monoisotopic (exact) mass is 350 g/mol. The van der Waals surface area contributed by atoms with Gasteiger partial charge >= 0.3 is 0 Å². The average Bonchev–Trinajstić information content (AvgIpc) is 3.51. The fourth-order valence-corrected chi connectivity index (χ4v) is 4.18. The molecule has 1 heterocycles. The van der Waals surface area contributed by atoms with Crippen LogP contribution < -0.4 is 10.6 Å². The van der Waals surface area contributed by atoms with Gasteiger partial charge in [0.25, 0.3) is 0 Å². The third-order valence-corrected chi connectivity index (χ3v) is 6.01. The van der Waals surface area contributed by atoms with E-state index in [0.717, 1.165) is 49.8 Å². The van der Waals surface area contributed by atoms with Crippen LogP contribution in [0.4, 0.5) is 0 Å². The number of aliphatic imine (C=N–C) groups is 1. The first-order chi connectivity index (χ1) is 12.3. The standard InChI is InChI=1S/C20H38N4O/c1-3-21-20(22-15-19(16-5-6-16)17-7-8-17)23-18-9-12-24(13-10-18)11-4-14-25-2/h16-19H,3-15H2,1-2H3,(H2,21,22,23). The van der Waals surface area contributed by atoms with Crippen molar-refractivity contribution in [3.63, 3.8) is 0 Å². The van der Waals surface area contributed by atoms with E-state index in [1.54, 1.807) is 7.11 Å². The van der Waals surface area contributed by atoms with E-state index >= 15 is 0 Å². The highest BCUT2D eigenvalue weighted by molar-refractivity contribution is 5.80. The van der Waals surface area contributed by atoms with Gasteiger partial charge in [0.2, 0.25) is 0 Å². The van der Waals surface area contributed by atoms with Gasteiger partial charge in [0.15, 0.2) is 5.96 Å². The molecule has 3 aliphatic rings. The molecule has 1 saturated heterocycles. The minimum absolute atomic E-state index is 0.566. The molecular weight excluding hydrogens is 312 g/mol. The zero-order valence-electron chi connectivity index (χ0n) is 16.3. The molecule has 25 heavy (non-hydrogen) atoms. The van der Waals surface area contributed by atoms with Crippen LogP contribution in [0.5, 0.6) is 0 Å². The Bertz CT molecular complexity index is 400. The van der Waals surface area contributed by atoms with E-state index in [1.807, 2.05) is 0 Å². The largest absolute Gasteiger partial charge is 0.385 e. The van der Waals surface area contributed by atoms with Crippen molar-refractivity contribution in [2.24, 2.45) is 22.7 Å². The van der Waals surface area contributed by atoms with Crippen LogP contribution in [0.3, 0.4) is 0 Å². The summed E-state index contributed by atoms with van der Waals surface area (Å²) in [5.41, 5.74) is 0. The Labute approximate surface area is 154 Å². The van der Waals surface area contributed by atoms with Gasteiger partial charge in [-0.05, 0) is 69.6 Å². The van der Waals surface area contributed by atoms with Crippen molar-refractivity contribution in [1.29, 1.82) is 0 Å². The number of ether oxygens (including phenoxy) is 1. The Balaban J connectivity index is 1.41. The summed E-state index contributed by atoms with van der Waals surface area (Å²) >= 11 is 0. The normalized spacial score (nSPS) is 23.2. The first-order valence-electron chi connectivity index (χ1n) is 10.6. The van der Waals surface area contributed by atoms with Crippen molar-refractivity contribution in [3.8, 4) is 0 Å². The van der Waals surface area contributed by atoms with Crippen molar-refractivity contribution < 1.29 is 4.74 Å². The van der Waals surface area contributed by atoms with Gasteiger partial charge in [0.1, 0.15) is 0 Å². The van der Waals surface area contributed by atoms with E-state index in [4.69, 9.17) is 9.73 Å². The van der Waals surface area contributed by atoms with Crippen LogP contribution in [-0.4, -0.2) is 63.3 Å². The van der Waals surface area contributed by atoms with Crippen LogP contribution in [-0.2, 0) is 4.74 Å². The molecule has 0 aromatic carbocycles. The lowest BCUT2D eigenvalue weighted by molar-refractivity contribution is 0.155. The highest BCUT2D eigenvalue weighted by Crippen LogP contribution is 2.49. The van der Waals surface area contributed by atoms with Gasteiger partial charge in [-0.2, -0.15) is 0 Å². The van der Waals surface area contributed by atoms with E-state index in [0.29, 0.717) is 6.04 Å². The minimum atomic E-state index is 0.566. The molecule has 2 saturated carbocycles. The van der Waals surface area contributed by atoms with Crippen LogP contribution in [0.1, 0.15) is 51.9 Å². The van der Waals surface area contributed by atoms with Gasteiger partial charge in [-0.15, -0.1) is 0 Å². The van der Waals surface area contributed by atoms with E-state index < -0.39 is 0 Å². The van der Waals surface area contributed by atoms with Crippen LogP contribution in [0.25, 0.3) is 0 Å². The molecule has 1 aliphatic heterocycles. The predicted molar refractivity (Wildman–Crippen MR) is 104 cm³/mol. The summed E-state index contributed by atoms with van der Waals surface area (Å²) in [7, 11) is 1.79. The lowest BCUT2D eigenvalue weighted by atomic mass is 9.98. The summed E-state index contributed by atoms with van der Waals surface area (Å²) in [6.45, 7) is 8.55. The van der Waals surface area contributed by atoms with Gasteiger partial charge in [-0.1, -0.05) is 0 Å². The lowest BCUT2D eigenvalue weighted by Gasteiger charge is -2.33. The number of methoxy groups -OCH3 is 1. The SMILES string of the molecule is CCNC(=NCC(C1CC1)C1CC1)NC1CCN(CCCOC)CC1. The predicted octanol–water partition coefficient (Wildman–Crippen LogP) is 2.48. The van der Waals surface area contributed by atoms with E-state index in [9.17, 15) is 0 Å². The third-order valence-electron chi connectivity index (χ3n) is 6.01. The number of hydrogen-bond donors (Lipinski definition) is 2. The quantitative estimate of drug-likeness (QED) is 0.361. The molecule has 0 radical (unpaired) electrons. The van der Waals surface area contributed by atoms with Crippen LogP contribution >= 0.6 is 0 Å². The minimum Gasteiger partial charge on any atom is -0.385 e. The Hall–Kier alpha value is -0.810. The summed E-state index contributed by atoms with van der Waals surface area (Å²) in [6.07, 6.45) is 9.36. The van der Waals surface area contributed by atoms with E-state index in [1.165, 1.54) is 58.2 Å². The molecule has 5 heteroatoms. The van der Waals surface area contributed by atoms with Gasteiger partial charge in [0.05, 0.1) is 0 Å². The number of guanidine groups is 1. The molecule has 0 aromatic rings. The van der Waals surface area contributed by atoms with Crippen molar-refractivity contribution in [3.05, 3.63) is 0 Å². The van der Waals surface area contributed by atoms with Crippen LogP contribution in [0.15, 0.2) is 4.99 Å². The topological polar surface area (TPSA) is 48.9 Å². The second kappa shape index (κ2) is 9.77. The van der Waals surface area contributed by atoms with Gasteiger partial charge < -0.3 is 20.3 Å². The fraction of sp³-hybridized carbons (Fsp3) is 0.950. The molecule has 3 fully saturated rings. The molecule has 5 nitrogen and oxygen atoms in total. The first-order valence-corrected chi connectivity index (χ1v) is 10.6. The van der Waals surface area contributed by atoms with Crippen LogP contribution in [0, 0.1) is 17.8 Å². The molecule has 0 atom stereocenters. The number of likely N-dealkylation sites (tertiary alicyclic amines) is 1. The maximum absolute atomic E-state index is 5.16. The Morgan fingerprint density at radius 2 is 1.80 bits per heavy atom.